The SMILES string of the molecule is N#CCCn1cc(C(=O)CN2CCN(C(=O)Cc3ccc(F)cc3)CC2)c2ccccc21. The Morgan fingerprint density at radius 1 is 1.00 bits per heavy atom. The number of ketones is 1. The molecule has 1 saturated heterocycles. The molecule has 0 aliphatic carbocycles. The lowest BCUT2D eigenvalue weighted by atomic mass is 10.1. The topological polar surface area (TPSA) is 69.3 Å². The summed E-state index contributed by atoms with van der Waals surface area (Å²) in [7, 11) is 0. The minimum absolute atomic E-state index is 0.0168. The molecule has 0 radical (unpaired) electrons. The molecule has 3 aromatic rings. The second kappa shape index (κ2) is 9.75. The molecular formula is C25H25FN4O2. The van der Waals surface area contributed by atoms with Gasteiger partial charge in [0.05, 0.1) is 25.5 Å². The van der Waals surface area contributed by atoms with Crippen LogP contribution in [0.15, 0.2) is 54.7 Å². The standard InChI is InChI=1S/C25H25FN4O2/c26-20-8-6-19(7-9-20)16-25(32)29-14-12-28(13-15-29)18-24(31)22-17-30(11-3-10-27)23-5-2-1-4-21(22)23/h1-2,4-9,17H,3,11-16,18H2. The Bertz CT molecular complexity index is 1150. The number of para-hydroxylation sites is 1. The fourth-order valence-electron chi connectivity index (χ4n) is 4.16. The molecule has 0 bridgehead atoms. The summed E-state index contributed by atoms with van der Waals surface area (Å²) < 4.78 is 15.0. The van der Waals surface area contributed by atoms with Crippen LogP contribution >= 0.6 is 0 Å². The molecule has 2 heterocycles. The molecule has 7 heteroatoms. The highest BCUT2D eigenvalue weighted by molar-refractivity contribution is 6.09. The average molecular weight is 432 g/mol. The number of hydrogen-bond acceptors (Lipinski definition) is 4. The van der Waals surface area contributed by atoms with Crippen LogP contribution in [0.25, 0.3) is 10.9 Å². The molecule has 1 amide bonds. The highest BCUT2D eigenvalue weighted by Gasteiger charge is 2.24. The first-order valence-electron chi connectivity index (χ1n) is 10.8. The lowest BCUT2D eigenvalue weighted by Crippen LogP contribution is -2.50. The van der Waals surface area contributed by atoms with Crippen molar-refractivity contribution in [2.75, 3.05) is 32.7 Å². The Kier molecular flexibility index (Phi) is 6.62. The van der Waals surface area contributed by atoms with Gasteiger partial charge in [-0.3, -0.25) is 14.5 Å². The van der Waals surface area contributed by atoms with Crippen LogP contribution in [0.3, 0.4) is 0 Å². The van der Waals surface area contributed by atoms with Crippen LogP contribution in [0.5, 0.6) is 0 Å². The van der Waals surface area contributed by atoms with E-state index in [2.05, 4.69) is 11.0 Å². The van der Waals surface area contributed by atoms with Gasteiger partial charge >= 0.3 is 0 Å². The normalized spacial score (nSPS) is 14.4. The summed E-state index contributed by atoms with van der Waals surface area (Å²) >= 11 is 0. The predicted molar refractivity (Wildman–Crippen MR) is 120 cm³/mol. The molecule has 0 N–H and O–H groups in total. The van der Waals surface area contributed by atoms with Crippen molar-refractivity contribution in [2.24, 2.45) is 0 Å². The van der Waals surface area contributed by atoms with E-state index in [0.717, 1.165) is 16.5 Å². The number of amides is 1. The molecule has 6 nitrogen and oxygen atoms in total. The van der Waals surface area contributed by atoms with E-state index in [1.165, 1.54) is 12.1 Å². The van der Waals surface area contributed by atoms with Crippen LogP contribution in [0.4, 0.5) is 4.39 Å². The lowest BCUT2D eigenvalue weighted by molar-refractivity contribution is -0.132. The van der Waals surface area contributed by atoms with Crippen molar-refractivity contribution in [1.82, 2.24) is 14.4 Å². The number of aryl methyl sites for hydroxylation is 1. The van der Waals surface area contributed by atoms with Crippen molar-refractivity contribution in [3.05, 3.63) is 71.7 Å². The van der Waals surface area contributed by atoms with Crippen molar-refractivity contribution in [1.29, 1.82) is 5.26 Å². The van der Waals surface area contributed by atoms with Gasteiger partial charge in [0.1, 0.15) is 5.82 Å². The fraction of sp³-hybridized carbons (Fsp3) is 0.320. The summed E-state index contributed by atoms with van der Waals surface area (Å²) in [6.45, 7) is 3.25. The third kappa shape index (κ3) is 4.87. The van der Waals surface area contributed by atoms with E-state index < -0.39 is 0 Å². The molecule has 0 spiro atoms. The van der Waals surface area contributed by atoms with Gasteiger partial charge in [-0.2, -0.15) is 5.26 Å². The zero-order valence-corrected chi connectivity index (χ0v) is 17.8. The highest BCUT2D eigenvalue weighted by atomic mass is 19.1. The van der Waals surface area contributed by atoms with Gasteiger partial charge in [0.15, 0.2) is 5.78 Å². The maximum Gasteiger partial charge on any atom is 0.227 e. The third-order valence-corrected chi connectivity index (χ3v) is 5.91. The summed E-state index contributed by atoms with van der Waals surface area (Å²) in [5, 5.41) is 9.81. The molecule has 2 aromatic carbocycles. The van der Waals surface area contributed by atoms with E-state index in [1.807, 2.05) is 35.0 Å². The molecule has 1 aromatic heterocycles. The van der Waals surface area contributed by atoms with Crippen LogP contribution in [0.2, 0.25) is 0 Å². The number of carbonyl (C=O) groups excluding carboxylic acids is 2. The summed E-state index contributed by atoms with van der Waals surface area (Å²) in [5.41, 5.74) is 2.43. The van der Waals surface area contributed by atoms with Crippen LogP contribution < -0.4 is 0 Å². The zero-order valence-electron chi connectivity index (χ0n) is 17.8. The van der Waals surface area contributed by atoms with Crippen molar-refractivity contribution in [3.8, 4) is 6.07 Å². The molecule has 1 aliphatic rings. The molecule has 32 heavy (non-hydrogen) atoms. The summed E-state index contributed by atoms with van der Waals surface area (Å²) in [4.78, 5) is 29.5. The zero-order chi connectivity index (χ0) is 22.5. The monoisotopic (exact) mass is 432 g/mol. The van der Waals surface area contributed by atoms with Gasteiger partial charge in [0.2, 0.25) is 5.91 Å². The number of rotatable bonds is 7. The number of nitrogens with zero attached hydrogens (tertiary/aromatic N) is 4. The fourth-order valence-corrected chi connectivity index (χ4v) is 4.16. The maximum absolute atomic E-state index is 13.1. The number of benzene rings is 2. The first-order chi connectivity index (χ1) is 15.5. The van der Waals surface area contributed by atoms with E-state index in [4.69, 9.17) is 5.26 Å². The number of nitriles is 1. The van der Waals surface area contributed by atoms with Gasteiger partial charge < -0.3 is 9.47 Å². The van der Waals surface area contributed by atoms with Crippen LogP contribution in [-0.2, 0) is 17.8 Å². The predicted octanol–water partition coefficient (Wildman–Crippen LogP) is 3.26. The number of piperazine rings is 1. The Morgan fingerprint density at radius 3 is 2.44 bits per heavy atom. The smallest absolute Gasteiger partial charge is 0.227 e. The number of Topliss-reactive ketones (excluding diaryl/α,β-unsaturated/α-hetero) is 1. The largest absolute Gasteiger partial charge is 0.346 e. The third-order valence-electron chi connectivity index (χ3n) is 5.91. The molecule has 1 aliphatic heterocycles. The molecule has 4 rings (SSSR count). The van der Waals surface area contributed by atoms with Gasteiger partial charge in [-0.15, -0.1) is 0 Å². The first-order valence-corrected chi connectivity index (χ1v) is 10.8. The summed E-state index contributed by atoms with van der Waals surface area (Å²) in [6.07, 6.45) is 2.49. The molecule has 1 fully saturated rings. The minimum Gasteiger partial charge on any atom is -0.346 e. The van der Waals surface area contributed by atoms with E-state index >= 15 is 0 Å². The maximum atomic E-state index is 13.1. The Balaban J connectivity index is 1.35. The second-order valence-electron chi connectivity index (χ2n) is 8.04. The van der Waals surface area contributed by atoms with Crippen molar-refractivity contribution in [2.45, 2.75) is 19.4 Å². The van der Waals surface area contributed by atoms with Gasteiger partial charge in [-0.1, -0.05) is 30.3 Å². The second-order valence-corrected chi connectivity index (χ2v) is 8.04. The van der Waals surface area contributed by atoms with Gasteiger partial charge in [-0.25, -0.2) is 4.39 Å². The first kappa shape index (κ1) is 21.7. The van der Waals surface area contributed by atoms with Gasteiger partial charge in [-0.05, 0) is 23.8 Å². The van der Waals surface area contributed by atoms with E-state index in [9.17, 15) is 14.0 Å². The van der Waals surface area contributed by atoms with E-state index in [-0.39, 0.29) is 23.9 Å². The Hall–Kier alpha value is -3.50. The molecule has 164 valence electrons. The average Bonchev–Trinajstić information content (AvgIpc) is 3.18. The number of carbonyl (C=O) groups is 2. The van der Waals surface area contributed by atoms with Crippen molar-refractivity contribution in [3.63, 3.8) is 0 Å². The number of halogens is 1. The van der Waals surface area contributed by atoms with Gasteiger partial charge in [0, 0.05) is 55.4 Å². The number of fused-ring (bicyclic) bond motifs is 1. The quantitative estimate of drug-likeness (QED) is 0.538. The highest BCUT2D eigenvalue weighted by Crippen LogP contribution is 2.22. The van der Waals surface area contributed by atoms with Crippen LogP contribution in [0.1, 0.15) is 22.3 Å². The van der Waals surface area contributed by atoms with Crippen LogP contribution in [0, 0.1) is 17.1 Å². The lowest BCUT2D eigenvalue weighted by Gasteiger charge is -2.34. The molecule has 0 saturated carbocycles. The number of aromatic nitrogens is 1. The Morgan fingerprint density at radius 2 is 1.72 bits per heavy atom. The Labute approximate surface area is 186 Å². The summed E-state index contributed by atoms with van der Waals surface area (Å²) in [6, 6.07) is 15.9. The minimum atomic E-state index is -0.312. The molecule has 0 unspecified atom stereocenters. The summed E-state index contributed by atoms with van der Waals surface area (Å²) in [5.74, 6) is -0.251. The van der Waals surface area contributed by atoms with Crippen molar-refractivity contribution < 1.29 is 14.0 Å². The number of hydrogen-bond donors (Lipinski definition) is 0. The van der Waals surface area contributed by atoms with Crippen molar-refractivity contribution >= 4 is 22.6 Å². The van der Waals surface area contributed by atoms with Crippen LogP contribution in [-0.4, -0.2) is 58.8 Å². The molecular weight excluding hydrogens is 407 g/mol. The van der Waals surface area contributed by atoms with E-state index in [1.54, 1.807) is 17.0 Å². The van der Waals surface area contributed by atoms with Gasteiger partial charge in [0.25, 0.3) is 0 Å². The molecule has 0 atom stereocenters. The van der Waals surface area contributed by atoms with E-state index in [0.29, 0.717) is 51.3 Å².